The molecule has 3 rings (SSSR count). The van der Waals surface area contributed by atoms with E-state index in [-0.39, 0.29) is 23.5 Å². The van der Waals surface area contributed by atoms with Crippen molar-refractivity contribution in [2.75, 3.05) is 12.4 Å². The average Bonchev–Trinajstić information content (AvgIpc) is 2.99. The van der Waals surface area contributed by atoms with Crippen LogP contribution in [0.3, 0.4) is 0 Å². The fraction of sp³-hybridized carbons (Fsp3) is 0.200. The van der Waals surface area contributed by atoms with Gasteiger partial charge >= 0.3 is 0 Å². The second kappa shape index (κ2) is 8.11. The van der Waals surface area contributed by atoms with Gasteiger partial charge in [0.15, 0.2) is 0 Å². The molecule has 4 amide bonds. The minimum absolute atomic E-state index is 0.0283. The van der Waals surface area contributed by atoms with Crippen LogP contribution in [0.25, 0.3) is 0 Å². The summed E-state index contributed by atoms with van der Waals surface area (Å²) in [5.41, 5.74) is -0.0196. The lowest BCUT2D eigenvalue weighted by atomic mass is 10.1. The number of benzene rings is 2. The molecule has 1 atom stereocenters. The fourth-order valence-corrected chi connectivity index (χ4v) is 3.20. The van der Waals surface area contributed by atoms with Crippen LogP contribution in [-0.2, 0) is 16.0 Å². The van der Waals surface area contributed by atoms with Crippen LogP contribution in [0.15, 0.2) is 42.5 Å². The molecule has 154 valence electrons. The minimum atomic E-state index is -1.23. The summed E-state index contributed by atoms with van der Waals surface area (Å²) in [5, 5.41) is 16.3. The molecule has 1 aliphatic rings. The van der Waals surface area contributed by atoms with Gasteiger partial charge in [-0.15, -0.1) is 0 Å². The molecule has 0 aromatic heterocycles. The number of anilines is 1. The third-order valence-electron chi connectivity index (χ3n) is 4.79. The highest BCUT2D eigenvalue weighted by Gasteiger charge is 2.44. The monoisotopic (exact) mass is 410 g/mol. The van der Waals surface area contributed by atoms with Gasteiger partial charge in [0.05, 0.1) is 16.9 Å². The number of rotatable bonds is 6. The Balaban J connectivity index is 1.85. The highest BCUT2D eigenvalue weighted by atomic mass is 16.6. The summed E-state index contributed by atoms with van der Waals surface area (Å²) in [7, 11) is 1.49. The molecule has 2 aromatic carbocycles. The largest absolute Gasteiger partial charge is 0.359 e. The first-order chi connectivity index (χ1) is 14.3. The Morgan fingerprint density at radius 2 is 1.80 bits per heavy atom. The number of nitro groups is 1. The van der Waals surface area contributed by atoms with Crippen LogP contribution in [0.1, 0.15) is 33.2 Å². The molecule has 1 aliphatic heterocycles. The lowest BCUT2D eigenvalue weighted by Gasteiger charge is -2.22. The Bertz CT molecular complexity index is 1080. The van der Waals surface area contributed by atoms with Crippen molar-refractivity contribution in [2.45, 2.75) is 19.4 Å². The first kappa shape index (κ1) is 20.6. The first-order valence-corrected chi connectivity index (χ1v) is 9.01. The first-order valence-electron chi connectivity index (χ1n) is 9.01. The van der Waals surface area contributed by atoms with E-state index in [1.165, 1.54) is 26.1 Å². The number of fused-ring (bicyclic) bond motifs is 1. The Morgan fingerprint density at radius 3 is 2.47 bits per heavy atom. The second-order valence-corrected chi connectivity index (χ2v) is 6.61. The number of imide groups is 1. The molecule has 30 heavy (non-hydrogen) atoms. The second-order valence-electron chi connectivity index (χ2n) is 6.61. The van der Waals surface area contributed by atoms with E-state index >= 15 is 0 Å². The van der Waals surface area contributed by atoms with Gasteiger partial charge in [0.25, 0.3) is 17.5 Å². The molecule has 1 unspecified atom stereocenters. The van der Waals surface area contributed by atoms with Gasteiger partial charge in [0.2, 0.25) is 11.8 Å². The number of nitro benzene ring substituents is 1. The summed E-state index contributed by atoms with van der Waals surface area (Å²) in [6, 6.07) is 9.16. The lowest BCUT2D eigenvalue weighted by molar-refractivity contribution is -0.385. The molecule has 0 spiro atoms. The number of hydrogen-bond donors (Lipinski definition) is 2. The zero-order valence-corrected chi connectivity index (χ0v) is 16.2. The maximum absolute atomic E-state index is 12.8. The minimum Gasteiger partial charge on any atom is -0.359 e. The van der Waals surface area contributed by atoms with E-state index in [0.717, 1.165) is 6.07 Å². The van der Waals surface area contributed by atoms with E-state index in [9.17, 15) is 29.3 Å². The van der Waals surface area contributed by atoms with Crippen LogP contribution in [0, 0.1) is 10.1 Å². The Morgan fingerprint density at radius 1 is 1.10 bits per heavy atom. The van der Waals surface area contributed by atoms with Crippen molar-refractivity contribution in [3.05, 3.63) is 69.3 Å². The Kier molecular flexibility index (Phi) is 5.58. The fourth-order valence-electron chi connectivity index (χ4n) is 3.20. The Hall–Kier alpha value is -4.08. The van der Waals surface area contributed by atoms with Crippen molar-refractivity contribution < 1.29 is 24.1 Å². The van der Waals surface area contributed by atoms with Gasteiger partial charge in [-0.2, -0.15) is 0 Å². The van der Waals surface area contributed by atoms with E-state index in [0.29, 0.717) is 16.2 Å². The number of nitrogens with zero attached hydrogens (tertiary/aromatic N) is 2. The molecule has 10 heteroatoms. The quantitative estimate of drug-likeness (QED) is 0.420. The van der Waals surface area contributed by atoms with Crippen LogP contribution in [0.4, 0.5) is 11.4 Å². The zero-order valence-electron chi connectivity index (χ0n) is 16.2. The van der Waals surface area contributed by atoms with Crippen molar-refractivity contribution in [1.82, 2.24) is 10.2 Å². The smallest absolute Gasteiger partial charge is 0.282 e. The zero-order chi connectivity index (χ0) is 22.0. The summed E-state index contributed by atoms with van der Waals surface area (Å²) < 4.78 is 0. The number of nitrogens with one attached hydrogen (secondary N) is 2. The van der Waals surface area contributed by atoms with E-state index in [4.69, 9.17) is 0 Å². The summed E-state index contributed by atoms with van der Waals surface area (Å²) in [5.74, 6) is -2.60. The SMILES string of the molecule is CNC(=O)Cc1ccccc1NC(=O)C(C)N1C(=O)c2cccc([N+](=O)[O-])c2C1=O. The molecule has 1 heterocycles. The number of carbonyl (C=O) groups excluding carboxylic acids is 4. The third-order valence-corrected chi connectivity index (χ3v) is 4.79. The predicted octanol–water partition coefficient (Wildman–Crippen LogP) is 1.51. The van der Waals surface area contributed by atoms with Crippen LogP contribution in [0.5, 0.6) is 0 Å². The maximum atomic E-state index is 12.8. The molecule has 2 aromatic rings. The number of amides is 4. The van der Waals surface area contributed by atoms with Gasteiger partial charge < -0.3 is 10.6 Å². The molecule has 0 fully saturated rings. The normalized spacial score (nSPS) is 13.6. The lowest BCUT2D eigenvalue weighted by Crippen LogP contribution is -2.45. The molecular weight excluding hydrogens is 392 g/mol. The molecule has 10 nitrogen and oxygen atoms in total. The standard InChI is InChI=1S/C20H18N4O6/c1-11(18(26)22-14-8-4-3-6-12(14)10-16(25)21-2)23-19(27)13-7-5-9-15(24(29)30)17(13)20(23)28/h3-9,11H,10H2,1-2H3,(H,21,25)(H,22,26). The highest BCUT2D eigenvalue weighted by Crippen LogP contribution is 2.32. The van der Waals surface area contributed by atoms with Crippen molar-refractivity contribution in [1.29, 1.82) is 0 Å². The van der Waals surface area contributed by atoms with Crippen LogP contribution in [-0.4, -0.2) is 46.5 Å². The number of carbonyl (C=O) groups is 4. The maximum Gasteiger partial charge on any atom is 0.282 e. The van der Waals surface area contributed by atoms with E-state index < -0.39 is 34.4 Å². The van der Waals surface area contributed by atoms with E-state index in [2.05, 4.69) is 10.6 Å². The molecule has 0 bridgehead atoms. The van der Waals surface area contributed by atoms with E-state index in [1.54, 1.807) is 24.3 Å². The molecule has 0 saturated heterocycles. The third kappa shape index (κ3) is 3.62. The van der Waals surface area contributed by atoms with Crippen molar-refractivity contribution in [2.24, 2.45) is 0 Å². The van der Waals surface area contributed by atoms with Gasteiger partial charge in [-0.1, -0.05) is 24.3 Å². The molecular formula is C20H18N4O6. The van der Waals surface area contributed by atoms with Crippen molar-refractivity contribution in [3.8, 4) is 0 Å². The van der Waals surface area contributed by atoms with Crippen molar-refractivity contribution >= 4 is 35.0 Å². The summed E-state index contributed by atoms with van der Waals surface area (Å²) >= 11 is 0. The van der Waals surface area contributed by atoms with Gasteiger partial charge in [-0.05, 0) is 24.6 Å². The molecule has 0 aliphatic carbocycles. The summed E-state index contributed by atoms with van der Waals surface area (Å²) in [4.78, 5) is 61.1. The van der Waals surface area contributed by atoms with Crippen LogP contribution in [0.2, 0.25) is 0 Å². The van der Waals surface area contributed by atoms with Gasteiger partial charge in [0.1, 0.15) is 11.6 Å². The van der Waals surface area contributed by atoms with Gasteiger partial charge in [-0.25, -0.2) is 0 Å². The van der Waals surface area contributed by atoms with Crippen LogP contribution >= 0.6 is 0 Å². The highest BCUT2D eigenvalue weighted by molar-refractivity contribution is 6.24. The average molecular weight is 410 g/mol. The topological polar surface area (TPSA) is 139 Å². The van der Waals surface area contributed by atoms with Gasteiger partial charge in [0, 0.05) is 18.8 Å². The number of likely N-dealkylation sites (N-methyl/N-ethyl adjacent to an activating group) is 1. The summed E-state index contributed by atoms with van der Waals surface area (Å²) in [6.07, 6.45) is 0.0283. The molecule has 0 radical (unpaired) electrons. The van der Waals surface area contributed by atoms with Crippen molar-refractivity contribution in [3.63, 3.8) is 0 Å². The Labute approximate surface area is 171 Å². The molecule has 2 N–H and O–H groups in total. The molecule has 0 saturated carbocycles. The predicted molar refractivity (Wildman–Crippen MR) is 106 cm³/mol. The number of para-hydroxylation sites is 1. The van der Waals surface area contributed by atoms with Gasteiger partial charge in [-0.3, -0.25) is 34.2 Å². The van der Waals surface area contributed by atoms with E-state index in [1.807, 2.05) is 0 Å². The number of hydrogen-bond acceptors (Lipinski definition) is 6. The summed E-state index contributed by atoms with van der Waals surface area (Å²) in [6.45, 7) is 1.35. The van der Waals surface area contributed by atoms with Crippen LogP contribution < -0.4 is 10.6 Å².